The molecule has 0 amide bonds. The number of nitrogens with two attached hydrogens (primary N) is 1. The van der Waals surface area contributed by atoms with Gasteiger partial charge in [-0.3, -0.25) is 9.69 Å². The van der Waals surface area contributed by atoms with E-state index in [0.29, 0.717) is 24.2 Å². The van der Waals surface area contributed by atoms with Crippen molar-refractivity contribution in [2.45, 2.75) is 77.4 Å². The highest BCUT2D eigenvalue weighted by molar-refractivity contribution is 7.98. The fraction of sp³-hybridized carbons (Fsp3) is 0.333. The van der Waals surface area contributed by atoms with E-state index in [1.165, 1.54) is 21.6 Å². The first kappa shape index (κ1) is 28.8. The largest absolute Gasteiger partial charge is 0.384 e. The standard InChI is InChI=1S/C36H39N3OS/c1-7-25-10-12-27(13-11-25)39-31-18-36(5,6)19-32(40)34(31)33(30(20-37)35(39)38)29-17-23(3)16-26(24(29)4)21-41-28-14-8-22(2)9-15-28/h8-17,33H,7,18-19,21,38H2,1-6H3. The number of rotatable bonds is 6. The van der Waals surface area contributed by atoms with E-state index in [-0.39, 0.29) is 11.2 Å². The summed E-state index contributed by atoms with van der Waals surface area (Å²) < 4.78 is 0. The monoisotopic (exact) mass is 561 g/mol. The fourth-order valence-electron chi connectivity index (χ4n) is 6.20. The maximum Gasteiger partial charge on any atom is 0.162 e. The van der Waals surface area contributed by atoms with Gasteiger partial charge in [0.15, 0.2) is 5.78 Å². The molecule has 1 atom stereocenters. The molecule has 4 nitrogen and oxygen atoms in total. The molecule has 1 aliphatic carbocycles. The minimum Gasteiger partial charge on any atom is -0.384 e. The third kappa shape index (κ3) is 5.59. The molecule has 0 bridgehead atoms. The van der Waals surface area contributed by atoms with Crippen LogP contribution in [0.4, 0.5) is 5.69 Å². The van der Waals surface area contributed by atoms with Crippen LogP contribution in [0, 0.1) is 37.5 Å². The van der Waals surface area contributed by atoms with E-state index in [0.717, 1.165) is 45.8 Å². The third-order valence-corrected chi connectivity index (χ3v) is 9.47. The van der Waals surface area contributed by atoms with Gasteiger partial charge in [-0.2, -0.15) is 5.26 Å². The highest BCUT2D eigenvalue weighted by atomic mass is 32.2. The van der Waals surface area contributed by atoms with Gasteiger partial charge < -0.3 is 5.73 Å². The Morgan fingerprint density at radius 1 is 1.00 bits per heavy atom. The number of ketones is 1. The summed E-state index contributed by atoms with van der Waals surface area (Å²) in [6.45, 7) is 12.7. The fourth-order valence-corrected chi connectivity index (χ4v) is 7.16. The number of allylic oxidation sites excluding steroid dienone is 3. The molecule has 1 unspecified atom stereocenters. The molecule has 0 saturated heterocycles. The van der Waals surface area contributed by atoms with Crippen LogP contribution in [0.1, 0.15) is 72.9 Å². The van der Waals surface area contributed by atoms with E-state index < -0.39 is 5.92 Å². The second kappa shape index (κ2) is 11.3. The van der Waals surface area contributed by atoms with E-state index in [1.807, 2.05) is 4.90 Å². The molecule has 41 heavy (non-hydrogen) atoms. The lowest BCUT2D eigenvalue weighted by Gasteiger charge is -2.44. The Kier molecular flexibility index (Phi) is 7.90. The molecule has 1 heterocycles. The number of carbonyl (C=O) groups excluding carboxylic acids is 1. The van der Waals surface area contributed by atoms with E-state index in [2.05, 4.69) is 108 Å². The topological polar surface area (TPSA) is 70.1 Å². The predicted molar refractivity (Wildman–Crippen MR) is 170 cm³/mol. The molecule has 0 saturated carbocycles. The average molecular weight is 562 g/mol. The zero-order valence-corrected chi connectivity index (χ0v) is 25.8. The summed E-state index contributed by atoms with van der Waals surface area (Å²) >= 11 is 1.80. The lowest BCUT2D eigenvalue weighted by Crippen LogP contribution is -2.42. The highest BCUT2D eigenvalue weighted by Crippen LogP contribution is 2.51. The number of anilines is 1. The van der Waals surface area contributed by atoms with E-state index >= 15 is 0 Å². The first-order valence-electron chi connectivity index (χ1n) is 14.4. The van der Waals surface area contributed by atoms with Crippen molar-refractivity contribution in [3.63, 3.8) is 0 Å². The SMILES string of the molecule is CCc1ccc(N2C(N)=C(C#N)C(c3cc(C)cc(CSc4ccc(C)cc4)c3C)C3=C2CC(C)(C)CC3=O)cc1. The van der Waals surface area contributed by atoms with Crippen molar-refractivity contribution in [2.24, 2.45) is 11.1 Å². The molecule has 5 rings (SSSR count). The number of Topliss-reactive ketones (excluding diaryl/α,β-unsaturated/α-hetero) is 1. The molecular weight excluding hydrogens is 522 g/mol. The molecule has 0 spiro atoms. The number of carbonyl (C=O) groups is 1. The van der Waals surface area contributed by atoms with Crippen LogP contribution in [0.15, 0.2) is 88.2 Å². The minimum absolute atomic E-state index is 0.105. The zero-order valence-electron chi connectivity index (χ0n) is 25.0. The maximum atomic E-state index is 14.0. The minimum atomic E-state index is -0.479. The predicted octanol–water partition coefficient (Wildman–Crippen LogP) is 8.41. The van der Waals surface area contributed by atoms with Crippen LogP contribution in [-0.4, -0.2) is 5.78 Å². The van der Waals surface area contributed by atoms with Crippen LogP contribution in [0.2, 0.25) is 0 Å². The number of nitriles is 1. The summed E-state index contributed by atoms with van der Waals surface area (Å²) in [6, 6.07) is 23.7. The van der Waals surface area contributed by atoms with Crippen LogP contribution in [0.5, 0.6) is 0 Å². The maximum absolute atomic E-state index is 14.0. The Bertz CT molecular complexity index is 1600. The molecule has 210 valence electrons. The summed E-state index contributed by atoms with van der Waals surface area (Å²) in [6.07, 6.45) is 2.10. The van der Waals surface area contributed by atoms with Crippen LogP contribution in [0.3, 0.4) is 0 Å². The number of hydrogen-bond donors (Lipinski definition) is 1. The van der Waals surface area contributed by atoms with Gasteiger partial charge in [-0.1, -0.05) is 68.3 Å². The van der Waals surface area contributed by atoms with Gasteiger partial charge in [0.1, 0.15) is 5.82 Å². The smallest absolute Gasteiger partial charge is 0.162 e. The molecule has 3 aromatic carbocycles. The normalized spacial score (nSPS) is 18.4. The van der Waals surface area contributed by atoms with Gasteiger partial charge in [-0.05, 0) is 85.5 Å². The first-order valence-corrected chi connectivity index (χ1v) is 15.4. The Morgan fingerprint density at radius 3 is 2.32 bits per heavy atom. The summed E-state index contributed by atoms with van der Waals surface area (Å²) in [5.74, 6) is 0.851. The molecule has 1 aliphatic heterocycles. The van der Waals surface area contributed by atoms with Crippen LogP contribution < -0.4 is 10.6 Å². The van der Waals surface area contributed by atoms with Crippen molar-refractivity contribution in [2.75, 3.05) is 4.90 Å². The van der Waals surface area contributed by atoms with Crippen molar-refractivity contribution in [3.05, 3.63) is 117 Å². The molecule has 0 radical (unpaired) electrons. The van der Waals surface area contributed by atoms with Crippen LogP contribution >= 0.6 is 11.8 Å². The van der Waals surface area contributed by atoms with Crippen molar-refractivity contribution in [1.82, 2.24) is 0 Å². The van der Waals surface area contributed by atoms with E-state index in [1.54, 1.807) is 11.8 Å². The van der Waals surface area contributed by atoms with Gasteiger partial charge >= 0.3 is 0 Å². The van der Waals surface area contributed by atoms with Gasteiger partial charge in [0, 0.05) is 34.0 Å². The Labute approximate surface area is 249 Å². The molecule has 2 N–H and O–H groups in total. The second-order valence-electron chi connectivity index (χ2n) is 12.2. The van der Waals surface area contributed by atoms with Gasteiger partial charge in [0.25, 0.3) is 0 Å². The summed E-state index contributed by atoms with van der Waals surface area (Å²) in [4.78, 5) is 17.2. The molecule has 0 aromatic heterocycles. The van der Waals surface area contributed by atoms with E-state index in [4.69, 9.17) is 5.73 Å². The van der Waals surface area contributed by atoms with Crippen molar-refractivity contribution in [1.29, 1.82) is 5.26 Å². The lowest BCUT2D eigenvalue weighted by molar-refractivity contribution is -0.118. The van der Waals surface area contributed by atoms with Crippen molar-refractivity contribution < 1.29 is 4.79 Å². The highest BCUT2D eigenvalue weighted by Gasteiger charge is 2.45. The van der Waals surface area contributed by atoms with E-state index in [9.17, 15) is 10.1 Å². The Hall–Kier alpha value is -3.75. The average Bonchev–Trinajstić information content (AvgIpc) is 2.93. The third-order valence-electron chi connectivity index (χ3n) is 8.41. The zero-order chi connectivity index (χ0) is 29.5. The second-order valence-corrected chi connectivity index (χ2v) is 13.3. The number of hydrogen-bond acceptors (Lipinski definition) is 5. The molecule has 3 aromatic rings. The Balaban J connectivity index is 1.65. The van der Waals surface area contributed by atoms with Gasteiger partial charge in [-0.25, -0.2) is 0 Å². The van der Waals surface area contributed by atoms with Gasteiger partial charge in [0.2, 0.25) is 0 Å². The quantitative estimate of drug-likeness (QED) is 0.306. The molecule has 0 fully saturated rings. The van der Waals surface area contributed by atoms with Gasteiger partial charge in [0.05, 0.1) is 17.6 Å². The number of aryl methyl sites for hydroxylation is 3. The summed E-state index contributed by atoms with van der Waals surface area (Å²) in [5.41, 5.74) is 16.6. The number of thioether (sulfide) groups is 1. The summed E-state index contributed by atoms with van der Waals surface area (Å²) in [7, 11) is 0. The lowest BCUT2D eigenvalue weighted by atomic mass is 9.68. The first-order chi connectivity index (χ1) is 19.5. The number of nitrogens with zero attached hydrogens (tertiary/aromatic N) is 2. The van der Waals surface area contributed by atoms with Crippen LogP contribution in [0.25, 0.3) is 0 Å². The molecule has 2 aliphatic rings. The molecular formula is C36H39N3OS. The van der Waals surface area contributed by atoms with Gasteiger partial charge in [-0.15, -0.1) is 11.8 Å². The summed E-state index contributed by atoms with van der Waals surface area (Å²) in [5, 5.41) is 10.6. The van der Waals surface area contributed by atoms with Crippen molar-refractivity contribution >= 4 is 23.2 Å². The van der Waals surface area contributed by atoms with Crippen LogP contribution in [-0.2, 0) is 17.0 Å². The van der Waals surface area contributed by atoms with Crippen molar-refractivity contribution in [3.8, 4) is 6.07 Å². The molecule has 5 heteroatoms. The Morgan fingerprint density at radius 2 is 1.68 bits per heavy atom. The number of benzene rings is 3.